The van der Waals surface area contributed by atoms with Gasteiger partial charge in [-0.3, -0.25) is 4.79 Å². The number of aryl methyl sites for hydroxylation is 1. The van der Waals surface area contributed by atoms with Crippen LogP contribution in [0.1, 0.15) is 34.5 Å². The molecule has 1 aliphatic rings. The van der Waals surface area contributed by atoms with Crippen molar-refractivity contribution in [3.63, 3.8) is 0 Å². The second-order valence-electron chi connectivity index (χ2n) is 6.20. The third-order valence-electron chi connectivity index (χ3n) is 4.42. The number of carbonyl (C=O) groups is 1. The molecule has 1 amide bonds. The fourth-order valence-electron chi connectivity index (χ4n) is 3.12. The Morgan fingerprint density at radius 2 is 1.81 bits per heavy atom. The highest BCUT2D eigenvalue weighted by atomic mass is 16.4. The minimum atomic E-state index is -0.302. The lowest BCUT2D eigenvalue weighted by atomic mass is 9.94. The average Bonchev–Trinajstić information content (AvgIpc) is 3.12. The third-order valence-corrected chi connectivity index (χ3v) is 4.42. The first-order chi connectivity index (χ1) is 12.7. The highest BCUT2D eigenvalue weighted by Gasteiger charge is 2.33. The number of aromatic nitrogens is 2. The highest BCUT2D eigenvalue weighted by molar-refractivity contribution is 5.94. The van der Waals surface area contributed by atoms with Crippen molar-refractivity contribution >= 4 is 5.91 Å². The van der Waals surface area contributed by atoms with E-state index in [1.807, 2.05) is 48.5 Å². The molecule has 0 saturated heterocycles. The summed E-state index contributed by atoms with van der Waals surface area (Å²) in [6.45, 7) is 2.22. The maximum atomic E-state index is 12.8. The van der Waals surface area contributed by atoms with Crippen LogP contribution in [-0.4, -0.2) is 21.0 Å². The van der Waals surface area contributed by atoms with Crippen molar-refractivity contribution in [2.24, 2.45) is 0 Å². The van der Waals surface area contributed by atoms with E-state index in [1.54, 1.807) is 11.8 Å². The minimum absolute atomic E-state index is 0.246. The van der Waals surface area contributed by atoms with Gasteiger partial charge in [-0.05, 0) is 23.3 Å². The quantitative estimate of drug-likeness (QED) is 0.637. The van der Waals surface area contributed by atoms with Crippen LogP contribution in [0.25, 0.3) is 0 Å². The second-order valence-corrected chi connectivity index (χ2v) is 6.20. The van der Waals surface area contributed by atoms with Crippen LogP contribution in [0.4, 0.5) is 0 Å². The largest absolute Gasteiger partial charge is 0.423 e. The molecule has 1 unspecified atom stereocenters. The molecule has 5 heteroatoms. The SMILES string of the molecule is Cc1nnc(C2Cc3ccccc3CN2C(=O)C#Cc2ccccc2)o1. The number of hydrogen-bond donors (Lipinski definition) is 0. The van der Waals surface area contributed by atoms with Crippen LogP contribution < -0.4 is 0 Å². The Morgan fingerprint density at radius 1 is 1.08 bits per heavy atom. The molecule has 128 valence electrons. The second kappa shape index (κ2) is 6.85. The summed E-state index contributed by atoms with van der Waals surface area (Å²) in [5, 5.41) is 8.05. The normalized spacial score (nSPS) is 15.7. The summed E-state index contributed by atoms with van der Waals surface area (Å²) in [5.41, 5.74) is 3.12. The zero-order valence-corrected chi connectivity index (χ0v) is 14.3. The van der Waals surface area contributed by atoms with Gasteiger partial charge in [-0.25, -0.2) is 0 Å². The topological polar surface area (TPSA) is 59.2 Å². The third kappa shape index (κ3) is 3.22. The van der Waals surface area contributed by atoms with Crippen LogP contribution in [-0.2, 0) is 17.8 Å². The van der Waals surface area contributed by atoms with Gasteiger partial charge in [0, 0.05) is 31.4 Å². The number of carbonyl (C=O) groups excluding carboxylic acids is 1. The Kier molecular flexibility index (Phi) is 4.24. The maximum absolute atomic E-state index is 12.8. The summed E-state index contributed by atoms with van der Waals surface area (Å²) in [7, 11) is 0. The van der Waals surface area contributed by atoms with E-state index >= 15 is 0 Å². The summed E-state index contributed by atoms with van der Waals surface area (Å²) in [6, 6.07) is 17.3. The van der Waals surface area contributed by atoms with Crippen LogP contribution in [0, 0.1) is 18.8 Å². The fourth-order valence-corrected chi connectivity index (χ4v) is 3.12. The molecule has 2 heterocycles. The number of rotatable bonds is 1. The zero-order valence-electron chi connectivity index (χ0n) is 14.3. The molecular formula is C21H17N3O2. The van der Waals surface area contributed by atoms with Crippen molar-refractivity contribution in [3.8, 4) is 11.8 Å². The van der Waals surface area contributed by atoms with E-state index in [2.05, 4.69) is 28.1 Å². The average molecular weight is 343 g/mol. The molecule has 1 aliphatic heterocycles. The zero-order chi connectivity index (χ0) is 17.9. The van der Waals surface area contributed by atoms with Crippen molar-refractivity contribution in [1.29, 1.82) is 0 Å². The molecule has 0 spiro atoms. The summed E-state index contributed by atoms with van der Waals surface area (Å²) in [4.78, 5) is 14.5. The lowest BCUT2D eigenvalue weighted by molar-refractivity contribution is -0.129. The lowest BCUT2D eigenvalue weighted by Gasteiger charge is -2.33. The van der Waals surface area contributed by atoms with Gasteiger partial charge < -0.3 is 9.32 Å². The van der Waals surface area contributed by atoms with E-state index in [4.69, 9.17) is 4.42 Å². The van der Waals surface area contributed by atoms with E-state index in [9.17, 15) is 4.79 Å². The van der Waals surface area contributed by atoms with Gasteiger partial charge in [-0.1, -0.05) is 48.4 Å². The Bertz CT molecular complexity index is 999. The molecule has 4 rings (SSSR count). The predicted molar refractivity (Wildman–Crippen MR) is 95.8 cm³/mol. The molecule has 0 aliphatic carbocycles. The smallest absolute Gasteiger partial charge is 0.299 e. The van der Waals surface area contributed by atoms with Crippen molar-refractivity contribution < 1.29 is 9.21 Å². The Labute approximate surface area is 151 Å². The molecule has 2 aromatic carbocycles. The van der Waals surface area contributed by atoms with Gasteiger partial charge in [0.25, 0.3) is 5.91 Å². The van der Waals surface area contributed by atoms with Crippen molar-refractivity contribution in [1.82, 2.24) is 15.1 Å². The molecule has 0 fully saturated rings. The summed E-state index contributed by atoms with van der Waals surface area (Å²) in [5.74, 6) is 6.38. The van der Waals surface area contributed by atoms with E-state index in [0.29, 0.717) is 24.7 Å². The summed E-state index contributed by atoms with van der Waals surface area (Å²) >= 11 is 0. The predicted octanol–water partition coefficient (Wildman–Crippen LogP) is 3.06. The Morgan fingerprint density at radius 3 is 2.54 bits per heavy atom. The van der Waals surface area contributed by atoms with E-state index < -0.39 is 0 Å². The standard InChI is InChI=1S/C21H17N3O2/c1-15-22-23-21(26-15)19-13-17-9-5-6-10-18(17)14-24(19)20(25)12-11-16-7-3-2-4-8-16/h2-10,19H,13-14H2,1H3. The maximum Gasteiger partial charge on any atom is 0.299 e. The first-order valence-electron chi connectivity index (χ1n) is 8.45. The molecule has 1 aromatic heterocycles. The molecular weight excluding hydrogens is 326 g/mol. The minimum Gasteiger partial charge on any atom is -0.423 e. The van der Waals surface area contributed by atoms with Crippen LogP contribution >= 0.6 is 0 Å². The fraction of sp³-hybridized carbons (Fsp3) is 0.190. The Hall–Kier alpha value is -3.39. The summed E-state index contributed by atoms with van der Waals surface area (Å²) in [6.07, 6.45) is 0.635. The van der Waals surface area contributed by atoms with E-state index in [0.717, 1.165) is 11.1 Å². The van der Waals surface area contributed by atoms with Crippen molar-refractivity contribution in [2.45, 2.75) is 25.9 Å². The van der Waals surface area contributed by atoms with Crippen LogP contribution in [0.3, 0.4) is 0 Å². The van der Waals surface area contributed by atoms with Gasteiger partial charge in [-0.2, -0.15) is 0 Å². The summed E-state index contributed by atoms with van der Waals surface area (Å²) < 4.78 is 5.62. The number of fused-ring (bicyclic) bond motifs is 1. The first-order valence-corrected chi connectivity index (χ1v) is 8.45. The van der Waals surface area contributed by atoms with Crippen LogP contribution in [0.15, 0.2) is 59.0 Å². The van der Waals surface area contributed by atoms with Gasteiger partial charge in [0.05, 0.1) is 0 Å². The molecule has 26 heavy (non-hydrogen) atoms. The molecule has 0 radical (unpaired) electrons. The van der Waals surface area contributed by atoms with Crippen LogP contribution in [0.2, 0.25) is 0 Å². The van der Waals surface area contributed by atoms with Gasteiger partial charge in [0.1, 0.15) is 6.04 Å². The first kappa shape index (κ1) is 16.1. The van der Waals surface area contributed by atoms with Crippen molar-refractivity contribution in [3.05, 3.63) is 83.1 Å². The van der Waals surface area contributed by atoms with Crippen molar-refractivity contribution in [2.75, 3.05) is 0 Å². The van der Waals surface area contributed by atoms with Gasteiger partial charge in [0.15, 0.2) is 0 Å². The lowest BCUT2D eigenvalue weighted by Crippen LogP contribution is -2.38. The van der Waals surface area contributed by atoms with E-state index in [1.165, 1.54) is 5.56 Å². The van der Waals surface area contributed by atoms with E-state index in [-0.39, 0.29) is 11.9 Å². The number of amides is 1. The number of benzene rings is 2. The van der Waals surface area contributed by atoms with Gasteiger partial charge >= 0.3 is 0 Å². The van der Waals surface area contributed by atoms with Gasteiger partial charge in [-0.15, -0.1) is 10.2 Å². The molecule has 5 nitrogen and oxygen atoms in total. The van der Waals surface area contributed by atoms with Gasteiger partial charge in [0.2, 0.25) is 11.8 Å². The molecule has 0 bridgehead atoms. The highest BCUT2D eigenvalue weighted by Crippen LogP contribution is 2.32. The monoisotopic (exact) mass is 343 g/mol. The molecule has 0 N–H and O–H groups in total. The number of nitrogens with zero attached hydrogens (tertiary/aromatic N) is 3. The molecule has 1 atom stereocenters. The number of hydrogen-bond acceptors (Lipinski definition) is 4. The Balaban J connectivity index is 1.67. The molecule has 0 saturated carbocycles. The molecule has 3 aromatic rings. The van der Waals surface area contributed by atoms with Crippen LogP contribution in [0.5, 0.6) is 0 Å².